The molecule has 1 heterocycles. The standard InChI is InChI=1S/C12H11FN2OS/c1-8-11(17-7-15-8)12(16)14-6-9-4-2-3-5-10(9)13/h2-5,7H,6H2,1H3,(H,14,16). The van der Waals surface area contributed by atoms with E-state index < -0.39 is 0 Å². The predicted molar refractivity (Wildman–Crippen MR) is 64.4 cm³/mol. The Morgan fingerprint density at radius 3 is 2.88 bits per heavy atom. The molecule has 1 aromatic heterocycles. The molecule has 0 unspecified atom stereocenters. The summed E-state index contributed by atoms with van der Waals surface area (Å²) >= 11 is 1.28. The van der Waals surface area contributed by atoms with Crippen molar-refractivity contribution in [3.05, 3.63) is 51.7 Å². The van der Waals surface area contributed by atoms with Crippen LogP contribution in [0.25, 0.3) is 0 Å². The summed E-state index contributed by atoms with van der Waals surface area (Å²) in [5.41, 5.74) is 2.79. The Balaban J connectivity index is 2.02. The van der Waals surface area contributed by atoms with Gasteiger partial charge >= 0.3 is 0 Å². The van der Waals surface area contributed by atoms with Crippen molar-refractivity contribution in [3.63, 3.8) is 0 Å². The topological polar surface area (TPSA) is 42.0 Å². The molecule has 0 atom stereocenters. The maximum Gasteiger partial charge on any atom is 0.263 e. The number of nitrogens with zero attached hydrogens (tertiary/aromatic N) is 1. The van der Waals surface area contributed by atoms with Crippen molar-refractivity contribution in [2.75, 3.05) is 0 Å². The van der Waals surface area contributed by atoms with Crippen LogP contribution in [0.4, 0.5) is 4.39 Å². The Bertz CT molecular complexity index is 539. The van der Waals surface area contributed by atoms with Crippen molar-refractivity contribution in [3.8, 4) is 0 Å². The second-order valence-electron chi connectivity index (χ2n) is 3.54. The molecule has 0 radical (unpaired) electrons. The summed E-state index contributed by atoms with van der Waals surface area (Å²) < 4.78 is 13.3. The third-order valence-corrected chi connectivity index (χ3v) is 3.28. The minimum absolute atomic E-state index is 0.183. The molecule has 1 amide bonds. The van der Waals surface area contributed by atoms with E-state index in [0.29, 0.717) is 16.1 Å². The van der Waals surface area contributed by atoms with E-state index in [2.05, 4.69) is 10.3 Å². The van der Waals surface area contributed by atoms with Crippen molar-refractivity contribution in [2.24, 2.45) is 0 Å². The van der Waals surface area contributed by atoms with Crippen LogP contribution < -0.4 is 5.32 Å². The molecule has 0 aliphatic rings. The minimum atomic E-state index is -0.311. The van der Waals surface area contributed by atoms with E-state index in [-0.39, 0.29) is 18.3 Å². The van der Waals surface area contributed by atoms with Crippen LogP contribution >= 0.6 is 11.3 Å². The van der Waals surface area contributed by atoms with E-state index >= 15 is 0 Å². The number of aromatic nitrogens is 1. The first-order chi connectivity index (χ1) is 8.18. The molecule has 0 saturated heterocycles. The van der Waals surface area contributed by atoms with Gasteiger partial charge in [-0.1, -0.05) is 18.2 Å². The summed E-state index contributed by atoms with van der Waals surface area (Å²) in [5, 5.41) is 2.67. The molecule has 0 aliphatic heterocycles. The lowest BCUT2D eigenvalue weighted by Crippen LogP contribution is -2.23. The van der Waals surface area contributed by atoms with Gasteiger partial charge in [-0.05, 0) is 13.0 Å². The number of nitrogens with one attached hydrogen (secondary N) is 1. The van der Waals surface area contributed by atoms with Crippen molar-refractivity contribution in [1.82, 2.24) is 10.3 Å². The first kappa shape index (κ1) is 11.7. The largest absolute Gasteiger partial charge is 0.347 e. The lowest BCUT2D eigenvalue weighted by Gasteiger charge is -2.05. The molecule has 5 heteroatoms. The van der Waals surface area contributed by atoms with Crippen LogP contribution in [0.5, 0.6) is 0 Å². The van der Waals surface area contributed by atoms with E-state index in [0.717, 1.165) is 0 Å². The Morgan fingerprint density at radius 2 is 2.24 bits per heavy atom. The minimum Gasteiger partial charge on any atom is -0.347 e. The zero-order chi connectivity index (χ0) is 12.3. The van der Waals surface area contributed by atoms with Gasteiger partial charge in [0.1, 0.15) is 10.7 Å². The molecule has 0 spiro atoms. The van der Waals surface area contributed by atoms with Gasteiger partial charge in [0.2, 0.25) is 0 Å². The van der Waals surface area contributed by atoms with Crippen molar-refractivity contribution in [2.45, 2.75) is 13.5 Å². The monoisotopic (exact) mass is 250 g/mol. The van der Waals surface area contributed by atoms with Crippen LogP contribution in [0.15, 0.2) is 29.8 Å². The highest BCUT2D eigenvalue weighted by Gasteiger charge is 2.11. The molecular weight excluding hydrogens is 239 g/mol. The summed E-state index contributed by atoms with van der Waals surface area (Å²) in [4.78, 5) is 16.3. The molecule has 0 aliphatic carbocycles. The van der Waals surface area contributed by atoms with E-state index in [1.54, 1.807) is 30.6 Å². The number of halogens is 1. The normalized spacial score (nSPS) is 10.2. The van der Waals surface area contributed by atoms with Crippen LogP contribution in [0.1, 0.15) is 20.9 Å². The van der Waals surface area contributed by atoms with E-state index in [1.807, 2.05) is 0 Å². The number of carbonyl (C=O) groups is 1. The summed E-state index contributed by atoms with van der Waals surface area (Å²) in [5.74, 6) is -0.526. The van der Waals surface area contributed by atoms with Gasteiger partial charge in [0.05, 0.1) is 11.2 Å². The molecule has 0 fully saturated rings. The van der Waals surface area contributed by atoms with E-state index in [1.165, 1.54) is 17.4 Å². The molecule has 88 valence electrons. The van der Waals surface area contributed by atoms with Gasteiger partial charge in [-0.2, -0.15) is 0 Å². The maximum atomic E-state index is 13.3. The fraction of sp³-hybridized carbons (Fsp3) is 0.167. The molecule has 3 nitrogen and oxygen atoms in total. The van der Waals surface area contributed by atoms with E-state index in [4.69, 9.17) is 0 Å². The molecule has 1 N–H and O–H groups in total. The van der Waals surface area contributed by atoms with Gasteiger partial charge in [-0.15, -0.1) is 11.3 Å². The highest BCUT2D eigenvalue weighted by atomic mass is 32.1. The summed E-state index contributed by atoms with van der Waals surface area (Å²) in [6.45, 7) is 1.96. The van der Waals surface area contributed by atoms with E-state index in [9.17, 15) is 9.18 Å². The van der Waals surface area contributed by atoms with Gasteiger partial charge in [0.15, 0.2) is 0 Å². The smallest absolute Gasteiger partial charge is 0.263 e. The van der Waals surface area contributed by atoms with Crippen molar-refractivity contribution in [1.29, 1.82) is 0 Å². The average Bonchev–Trinajstić information content (AvgIpc) is 2.74. The SMILES string of the molecule is Cc1ncsc1C(=O)NCc1ccccc1F. The number of hydrogen-bond acceptors (Lipinski definition) is 3. The molecule has 2 aromatic rings. The second kappa shape index (κ2) is 5.05. The average molecular weight is 250 g/mol. The number of aryl methyl sites for hydroxylation is 1. The number of thiazole rings is 1. The Labute approximate surface area is 102 Å². The van der Waals surface area contributed by atoms with Gasteiger partial charge in [-0.25, -0.2) is 9.37 Å². The van der Waals surface area contributed by atoms with Gasteiger partial charge in [0.25, 0.3) is 5.91 Å². The molecular formula is C12H11FN2OS. The number of benzene rings is 1. The zero-order valence-electron chi connectivity index (χ0n) is 9.24. The number of rotatable bonds is 3. The first-order valence-corrected chi connectivity index (χ1v) is 5.98. The third-order valence-electron chi connectivity index (χ3n) is 2.35. The number of carbonyl (C=O) groups excluding carboxylic acids is 1. The summed E-state index contributed by atoms with van der Waals surface area (Å²) in [7, 11) is 0. The van der Waals surface area contributed by atoms with Crippen LogP contribution in [-0.2, 0) is 6.54 Å². The van der Waals surface area contributed by atoms with Gasteiger partial charge < -0.3 is 5.32 Å². The quantitative estimate of drug-likeness (QED) is 0.909. The zero-order valence-corrected chi connectivity index (χ0v) is 10.1. The highest BCUT2D eigenvalue weighted by Crippen LogP contribution is 2.12. The highest BCUT2D eigenvalue weighted by molar-refractivity contribution is 7.11. The van der Waals surface area contributed by atoms with Crippen LogP contribution in [0, 0.1) is 12.7 Å². The van der Waals surface area contributed by atoms with Gasteiger partial charge in [0, 0.05) is 12.1 Å². The van der Waals surface area contributed by atoms with Crippen LogP contribution in [-0.4, -0.2) is 10.9 Å². The third kappa shape index (κ3) is 2.68. The number of hydrogen-bond donors (Lipinski definition) is 1. The second-order valence-corrected chi connectivity index (χ2v) is 4.40. The lowest BCUT2D eigenvalue weighted by molar-refractivity contribution is 0.0954. The fourth-order valence-corrected chi connectivity index (χ4v) is 2.14. The Morgan fingerprint density at radius 1 is 1.47 bits per heavy atom. The van der Waals surface area contributed by atoms with Crippen LogP contribution in [0.3, 0.4) is 0 Å². The summed E-state index contributed by atoms with van der Waals surface area (Å²) in [6, 6.07) is 6.38. The molecule has 0 saturated carbocycles. The van der Waals surface area contributed by atoms with Crippen molar-refractivity contribution < 1.29 is 9.18 Å². The Hall–Kier alpha value is -1.75. The Kier molecular flexibility index (Phi) is 3.49. The molecule has 17 heavy (non-hydrogen) atoms. The molecule has 1 aromatic carbocycles. The first-order valence-electron chi connectivity index (χ1n) is 5.10. The maximum absolute atomic E-state index is 13.3. The predicted octanol–water partition coefficient (Wildman–Crippen LogP) is 2.52. The number of amides is 1. The van der Waals surface area contributed by atoms with Crippen molar-refractivity contribution >= 4 is 17.2 Å². The van der Waals surface area contributed by atoms with Crippen LogP contribution in [0.2, 0.25) is 0 Å². The molecule has 0 bridgehead atoms. The molecule has 2 rings (SSSR count). The summed E-state index contributed by atoms with van der Waals surface area (Å²) in [6.07, 6.45) is 0. The fourth-order valence-electron chi connectivity index (χ4n) is 1.42. The van der Waals surface area contributed by atoms with Gasteiger partial charge in [-0.3, -0.25) is 4.79 Å². The lowest BCUT2D eigenvalue weighted by atomic mass is 10.2.